The molecule has 13 heteroatoms. The van der Waals surface area contributed by atoms with Crippen LogP contribution in [0.25, 0.3) is 22.4 Å². The number of pyridine rings is 1. The minimum absolute atomic E-state index is 0.0718. The van der Waals surface area contributed by atoms with Crippen LogP contribution in [0.1, 0.15) is 40.4 Å². The number of amides is 2. The number of hydrogen-bond acceptors (Lipinski definition) is 8. The van der Waals surface area contributed by atoms with Crippen molar-refractivity contribution in [1.29, 1.82) is 0 Å². The zero-order valence-corrected chi connectivity index (χ0v) is 26.5. The molecule has 0 spiro atoms. The highest BCUT2D eigenvalue weighted by Crippen LogP contribution is 2.43. The molecule has 2 unspecified atom stereocenters. The van der Waals surface area contributed by atoms with Crippen molar-refractivity contribution >= 4 is 29.1 Å². The van der Waals surface area contributed by atoms with Crippen molar-refractivity contribution in [3.8, 4) is 34.0 Å². The van der Waals surface area contributed by atoms with Crippen molar-refractivity contribution < 1.29 is 19.1 Å². The predicted octanol–water partition coefficient (Wildman–Crippen LogP) is 3.34. The van der Waals surface area contributed by atoms with Gasteiger partial charge in [0.25, 0.3) is 11.5 Å². The van der Waals surface area contributed by atoms with E-state index in [0.29, 0.717) is 48.1 Å². The third-order valence-corrected chi connectivity index (χ3v) is 8.87. The number of nitrogens with zero attached hydrogens (tertiary/aromatic N) is 3. The molecule has 0 radical (unpaired) electrons. The van der Waals surface area contributed by atoms with E-state index in [4.69, 9.17) is 26.1 Å². The first-order valence-electron chi connectivity index (χ1n) is 14.8. The minimum Gasteiger partial charge on any atom is -0.491 e. The van der Waals surface area contributed by atoms with Crippen molar-refractivity contribution in [1.82, 2.24) is 24.8 Å². The van der Waals surface area contributed by atoms with E-state index >= 15 is 0 Å². The molecule has 0 aliphatic carbocycles. The quantitative estimate of drug-likeness (QED) is 0.265. The van der Waals surface area contributed by atoms with E-state index in [9.17, 15) is 19.2 Å². The monoisotopic (exact) mass is 644 g/mol. The second-order valence-corrected chi connectivity index (χ2v) is 11.8. The van der Waals surface area contributed by atoms with E-state index in [-0.39, 0.29) is 28.6 Å². The van der Waals surface area contributed by atoms with Crippen LogP contribution >= 0.6 is 11.6 Å². The lowest BCUT2D eigenvalue weighted by molar-refractivity contribution is -0.119. The lowest BCUT2D eigenvalue weighted by Gasteiger charge is -2.18. The summed E-state index contributed by atoms with van der Waals surface area (Å²) in [5.74, 6) is 0.514. The molecule has 4 heterocycles. The summed E-state index contributed by atoms with van der Waals surface area (Å²) in [6.45, 7) is 2.99. The van der Waals surface area contributed by atoms with E-state index in [1.54, 1.807) is 19.2 Å². The van der Waals surface area contributed by atoms with Crippen LogP contribution in [0.5, 0.6) is 11.6 Å². The summed E-state index contributed by atoms with van der Waals surface area (Å²) < 4.78 is 13.8. The average Bonchev–Trinajstić information content (AvgIpc) is 3.66. The maximum absolute atomic E-state index is 13.1. The van der Waals surface area contributed by atoms with Crippen LogP contribution in [0.4, 0.5) is 5.69 Å². The van der Waals surface area contributed by atoms with Crippen molar-refractivity contribution in [3.63, 3.8) is 0 Å². The van der Waals surface area contributed by atoms with Crippen molar-refractivity contribution in [3.05, 3.63) is 91.2 Å². The summed E-state index contributed by atoms with van der Waals surface area (Å²) in [5, 5.41) is 9.47. The van der Waals surface area contributed by atoms with Gasteiger partial charge in [0.1, 0.15) is 17.9 Å². The van der Waals surface area contributed by atoms with Gasteiger partial charge in [0.2, 0.25) is 11.8 Å². The summed E-state index contributed by atoms with van der Waals surface area (Å²) in [4.78, 5) is 54.2. The molecule has 12 nitrogen and oxygen atoms in total. The number of nitrogens with one attached hydrogen (secondary N) is 3. The Morgan fingerprint density at radius 2 is 1.87 bits per heavy atom. The molecule has 238 valence electrons. The zero-order chi connectivity index (χ0) is 32.7. The Labute approximate surface area is 269 Å². The second-order valence-electron chi connectivity index (χ2n) is 11.4. The molecule has 2 aliphatic heterocycles. The number of ether oxygens (including phenoxy) is 2. The van der Waals surface area contributed by atoms with Gasteiger partial charge in [-0.05, 0) is 30.5 Å². The van der Waals surface area contributed by atoms with Crippen molar-refractivity contribution in [2.24, 2.45) is 14.1 Å². The molecule has 46 heavy (non-hydrogen) atoms. The van der Waals surface area contributed by atoms with Crippen LogP contribution in [-0.2, 0) is 18.9 Å². The van der Waals surface area contributed by atoms with Gasteiger partial charge in [-0.1, -0.05) is 41.9 Å². The largest absolute Gasteiger partial charge is 0.491 e. The Bertz CT molecular complexity index is 2000. The number of hydrogen-bond donors (Lipinski definition) is 3. The van der Waals surface area contributed by atoms with Crippen LogP contribution in [0, 0.1) is 6.92 Å². The Morgan fingerprint density at radius 1 is 1.13 bits per heavy atom. The van der Waals surface area contributed by atoms with Crippen LogP contribution in [0.2, 0.25) is 5.02 Å². The molecule has 2 amide bonds. The SMILES string of the molecule is COc1nc(-c2cccc(-c3cccc(NC(=O)c4cn(C)c(=O)n(C)c4=O)c3Cl)c2C)cc2c1C(NCC1CCC(=O)N1)CO2. The first-order chi connectivity index (χ1) is 22.1. The number of fused-ring (bicyclic) bond motifs is 1. The number of benzene rings is 2. The Hall–Kier alpha value is -4.94. The third kappa shape index (κ3) is 5.65. The topological polar surface area (TPSA) is 146 Å². The number of carbonyl (C=O) groups is 2. The number of anilines is 1. The molecule has 2 aromatic carbocycles. The fraction of sp³-hybridized carbons (Fsp3) is 0.303. The molecule has 1 saturated heterocycles. The third-order valence-electron chi connectivity index (χ3n) is 8.47. The average molecular weight is 645 g/mol. The van der Waals surface area contributed by atoms with E-state index in [1.807, 2.05) is 37.3 Å². The summed E-state index contributed by atoms with van der Waals surface area (Å²) in [7, 11) is 4.36. The molecule has 2 atom stereocenters. The summed E-state index contributed by atoms with van der Waals surface area (Å²) in [6.07, 6.45) is 2.55. The number of halogens is 1. The van der Waals surface area contributed by atoms with Gasteiger partial charge in [-0.3, -0.25) is 19.0 Å². The smallest absolute Gasteiger partial charge is 0.330 e. The highest BCUT2D eigenvalue weighted by molar-refractivity contribution is 6.36. The van der Waals surface area contributed by atoms with Crippen LogP contribution in [0.3, 0.4) is 0 Å². The first kappa shape index (κ1) is 31.1. The fourth-order valence-corrected chi connectivity index (χ4v) is 6.25. The van der Waals surface area contributed by atoms with Crippen LogP contribution in [-0.4, -0.2) is 52.2 Å². The number of aromatic nitrogens is 3. The maximum Gasteiger partial charge on any atom is 0.330 e. The summed E-state index contributed by atoms with van der Waals surface area (Å²) in [5.41, 5.74) is 3.58. The fourth-order valence-electron chi connectivity index (χ4n) is 5.97. The molecule has 2 aromatic heterocycles. The maximum atomic E-state index is 13.1. The predicted molar refractivity (Wildman–Crippen MR) is 174 cm³/mol. The van der Waals surface area contributed by atoms with Gasteiger partial charge in [0.15, 0.2) is 0 Å². The van der Waals surface area contributed by atoms with Gasteiger partial charge in [-0.15, -0.1) is 0 Å². The second kappa shape index (κ2) is 12.5. The van der Waals surface area contributed by atoms with E-state index in [1.165, 1.54) is 24.9 Å². The lowest BCUT2D eigenvalue weighted by Crippen LogP contribution is -2.40. The molecule has 4 aromatic rings. The molecule has 1 fully saturated rings. The molecule has 6 rings (SSSR count). The standard InChI is InChI=1S/C33H33ClN6O6/c1-17-19(21-9-6-10-23(29(21)34)37-30(42)22-15-39(2)33(44)40(3)32(22)43)7-5-8-20(17)24-13-26-28(31(38-24)45-4)25(16-46-26)35-14-18-11-12-27(41)36-18/h5-10,13,15,18,25,35H,11-12,14,16H2,1-4H3,(H,36,41)(H,37,42). The van der Waals surface area contributed by atoms with Gasteiger partial charge in [-0.25, -0.2) is 9.78 Å². The van der Waals surface area contributed by atoms with Gasteiger partial charge in [0, 0.05) is 56.5 Å². The van der Waals surface area contributed by atoms with Crippen LogP contribution in [0.15, 0.2) is 58.3 Å². The van der Waals surface area contributed by atoms with Crippen LogP contribution < -0.4 is 36.7 Å². The minimum atomic E-state index is -0.706. The molecule has 2 aliphatic rings. The molecule has 0 bridgehead atoms. The number of carbonyl (C=O) groups excluding carboxylic acids is 2. The first-order valence-corrected chi connectivity index (χ1v) is 15.2. The van der Waals surface area contributed by atoms with Crippen molar-refractivity contribution in [2.45, 2.75) is 31.8 Å². The molecule has 0 saturated carbocycles. The lowest BCUT2D eigenvalue weighted by atomic mass is 9.94. The zero-order valence-electron chi connectivity index (χ0n) is 25.8. The summed E-state index contributed by atoms with van der Waals surface area (Å²) >= 11 is 6.86. The molecular formula is C33H33ClN6O6. The van der Waals surface area contributed by atoms with Gasteiger partial charge in [0.05, 0.1) is 35.1 Å². The number of methoxy groups -OCH3 is 1. The number of aryl methyl sites for hydroxylation is 1. The highest BCUT2D eigenvalue weighted by Gasteiger charge is 2.32. The van der Waals surface area contributed by atoms with E-state index in [2.05, 4.69) is 16.0 Å². The van der Waals surface area contributed by atoms with E-state index < -0.39 is 17.2 Å². The van der Waals surface area contributed by atoms with Gasteiger partial charge in [-0.2, -0.15) is 0 Å². The van der Waals surface area contributed by atoms with Crippen molar-refractivity contribution in [2.75, 3.05) is 25.6 Å². The Kier molecular flexibility index (Phi) is 8.41. The Morgan fingerprint density at radius 3 is 2.61 bits per heavy atom. The highest BCUT2D eigenvalue weighted by atomic mass is 35.5. The Balaban J connectivity index is 1.29. The normalized spacial score (nSPS) is 16.9. The number of rotatable bonds is 8. The van der Waals surface area contributed by atoms with Gasteiger partial charge >= 0.3 is 5.69 Å². The van der Waals surface area contributed by atoms with E-state index in [0.717, 1.165) is 33.2 Å². The molecule has 3 N–H and O–H groups in total. The summed E-state index contributed by atoms with van der Waals surface area (Å²) in [6, 6.07) is 12.9. The van der Waals surface area contributed by atoms with Gasteiger partial charge < -0.3 is 30.0 Å². The molecular weight excluding hydrogens is 612 g/mol.